The average molecular weight is 254 g/mol. The van der Waals surface area contributed by atoms with Gasteiger partial charge in [-0.25, -0.2) is 8.78 Å². The van der Waals surface area contributed by atoms with Crippen LogP contribution < -0.4 is 0 Å². The highest BCUT2D eigenvalue weighted by Gasteiger charge is 2.16. The molecule has 0 bridgehead atoms. The summed E-state index contributed by atoms with van der Waals surface area (Å²) in [7, 11) is 0. The minimum Gasteiger partial charge on any atom is -0.506 e. The van der Waals surface area contributed by atoms with Crippen LogP contribution >= 0.6 is 11.3 Å². The van der Waals surface area contributed by atoms with Gasteiger partial charge in [-0.1, -0.05) is 6.07 Å². The molecule has 0 spiro atoms. The minimum atomic E-state index is -0.986. The van der Waals surface area contributed by atoms with Crippen LogP contribution in [0.2, 0.25) is 0 Å². The van der Waals surface area contributed by atoms with Gasteiger partial charge in [-0.05, 0) is 24.6 Å². The monoisotopic (exact) mass is 254 g/mol. The number of Topliss-reactive ketones (excluding diaryl/α,β-unsaturated/α-hetero) is 1. The van der Waals surface area contributed by atoms with Crippen molar-refractivity contribution in [3.63, 3.8) is 0 Å². The van der Waals surface area contributed by atoms with Gasteiger partial charge in [0.15, 0.2) is 17.4 Å². The first kappa shape index (κ1) is 11.7. The topological polar surface area (TPSA) is 37.3 Å². The first-order valence-corrected chi connectivity index (χ1v) is 5.65. The molecule has 5 heteroatoms. The summed E-state index contributed by atoms with van der Waals surface area (Å²) in [6, 6.07) is 3.33. The van der Waals surface area contributed by atoms with Crippen molar-refractivity contribution in [1.82, 2.24) is 0 Å². The van der Waals surface area contributed by atoms with Crippen LogP contribution in [0.15, 0.2) is 23.6 Å². The quantitative estimate of drug-likeness (QED) is 0.831. The predicted octanol–water partition coefficient (Wildman–Crippen LogP) is 3.60. The van der Waals surface area contributed by atoms with E-state index >= 15 is 0 Å². The largest absolute Gasteiger partial charge is 0.506 e. The number of carbonyl (C=O) groups excluding carboxylic acids is 1. The van der Waals surface area contributed by atoms with E-state index in [-0.39, 0.29) is 17.1 Å². The van der Waals surface area contributed by atoms with Crippen LogP contribution in [-0.4, -0.2) is 10.9 Å². The molecule has 17 heavy (non-hydrogen) atoms. The molecule has 0 saturated heterocycles. The van der Waals surface area contributed by atoms with E-state index in [9.17, 15) is 18.7 Å². The first-order valence-electron chi connectivity index (χ1n) is 4.77. The van der Waals surface area contributed by atoms with Gasteiger partial charge < -0.3 is 5.11 Å². The van der Waals surface area contributed by atoms with Crippen LogP contribution in [0.5, 0.6) is 5.75 Å². The first-order chi connectivity index (χ1) is 8.00. The lowest BCUT2D eigenvalue weighted by Gasteiger charge is -2.00. The van der Waals surface area contributed by atoms with Gasteiger partial charge in [-0.2, -0.15) is 0 Å². The van der Waals surface area contributed by atoms with Crippen LogP contribution in [0.4, 0.5) is 8.78 Å². The summed E-state index contributed by atoms with van der Waals surface area (Å²) in [5, 5.41) is 11.3. The summed E-state index contributed by atoms with van der Waals surface area (Å²) in [6.45, 7) is 1.33. The summed E-state index contributed by atoms with van der Waals surface area (Å²) in [4.78, 5) is 11.5. The van der Waals surface area contributed by atoms with Crippen molar-refractivity contribution in [2.75, 3.05) is 0 Å². The Hall–Kier alpha value is -1.75. The third-order valence-electron chi connectivity index (χ3n) is 2.33. The van der Waals surface area contributed by atoms with Gasteiger partial charge in [0.25, 0.3) is 0 Å². The number of benzene rings is 1. The highest BCUT2D eigenvalue weighted by Crippen LogP contribution is 2.38. The fourth-order valence-electron chi connectivity index (χ4n) is 1.44. The van der Waals surface area contributed by atoms with E-state index in [0.717, 1.165) is 23.5 Å². The summed E-state index contributed by atoms with van der Waals surface area (Å²) in [5.41, 5.74) is 0.536. The molecular formula is C12H8F2O2S. The lowest BCUT2D eigenvalue weighted by molar-refractivity contribution is 0.101. The van der Waals surface area contributed by atoms with E-state index in [1.807, 2.05) is 0 Å². The molecule has 1 aromatic carbocycles. The average Bonchev–Trinajstić information content (AvgIpc) is 2.64. The highest BCUT2D eigenvalue weighted by molar-refractivity contribution is 7.14. The lowest BCUT2D eigenvalue weighted by Crippen LogP contribution is -1.88. The maximum atomic E-state index is 13.0. The van der Waals surface area contributed by atoms with Gasteiger partial charge in [-0.15, -0.1) is 11.3 Å². The molecular weight excluding hydrogens is 246 g/mol. The molecule has 0 atom stereocenters. The maximum absolute atomic E-state index is 13.0. The van der Waals surface area contributed by atoms with Crippen molar-refractivity contribution >= 4 is 17.1 Å². The van der Waals surface area contributed by atoms with Crippen LogP contribution in [0.3, 0.4) is 0 Å². The van der Waals surface area contributed by atoms with E-state index < -0.39 is 11.6 Å². The zero-order valence-electron chi connectivity index (χ0n) is 8.83. The molecule has 0 unspecified atom stereocenters. The molecule has 1 aromatic heterocycles. The van der Waals surface area contributed by atoms with Crippen molar-refractivity contribution in [3.8, 4) is 16.2 Å². The second-order valence-electron chi connectivity index (χ2n) is 3.51. The molecule has 2 rings (SSSR count). The summed E-state index contributed by atoms with van der Waals surface area (Å²) in [5.74, 6) is -2.39. The van der Waals surface area contributed by atoms with Crippen molar-refractivity contribution in [2.45, 2.75) is 6.92 Å². The molecule has 2 nitrogen and oxygen atoms in total. The van der Waals surface area contributed by atoms with E-state index in [0.29, 0.717) is 10.4 Å². The predicted molar refractivity (Wildman–Crippen MR) is 61.3 cm³/mol. The lowest BCUT2D eigenvalue weighted by atomic mass is 10.1. The molecule has 2 aromatic rings. The fourth-order valence-corrected chi connectivity index (χ4v) is 2.44. The van der Waals surface area contributed by atoms with Crippen LogP contribution in [0, 0.1) is 11.6 Å². The van der Waals surface area contributed by atoms with Gasteiger partial charge in [0.05, 0.1) is 10.4 Å². The number of aromatic hydroxyl groups is 1. The number of halogens is 2. The third-order valence-corrected chi connectivity index (χ3v) is 3.34. The normalized spacial score (nSPS) is 10.5. The number of hydrogen-bond donors (Lipinski definition) is 1. The van der Waals surface area contributed by atoms with Crippen LogP contribution in [0.25, 0.3) is 10.4 Å². The summed E-state index contributed by atoms with van der Waals surface area (Å²) < 4.78 is 25.8. The van der Waals surface area contributed by atoms with Crippen LogP contribution in [-0.2, 0) is 0 Å². The standard InChI is InChI=1S/C12H8F2O2S/c1-6(15)8-5-17-12(11(8)16)7-2-3-9(13)10(14)4-7/h2-5,16H,1H3. The van der Waals surface area contributed by atoms with E-state index in [4.69, 9.17) is 0 Å². The Bertz CT molecular complexity index is 590. The van der Waals surface area contributed by atoms with Gasteiger partial charge in [-0.3, -0.25) is 4.79 Å². The molecule has 1 N–H and O–H groups in total. The van der Waals surface area contributed by atoms with Gasteiger partial charge >= 0.3 is 0 Å². The Morgan fingerprint density at radius 3 is 2.53 bits per heavy atom. The second kappa shape index (κ2) is 4.25. The van der Waals surface area contributed by atoms with Crippen molar-refractivity contribution in [3.05, 3.63) is 40.8 Å². The molecule has 0 aliphatic rings. The van der Waals surface area contributed by atoms with E-state index in [1.165, 1.54) is 18.4 Å². The fraction of sp³-hybridized carbons (Fsp3) is 0.0833. The Kier molecular flexibility index (Phi) is 2.93. The zero-order valence-corrected chi connectivity index (χ0v) is 9.65. The van der Waals surface area contributed by atoms with Gasteiger partial charge in [0, 0.05) is 5.38 Å². The van der Waals surface area contributed by atoms with E-state index in [1.54, 1.807) is 0 Å². The minimum absolute atomic E-state index is 0.187. The summed E-state index contributed by atoms with van der Waals surface area (Å²) in [6.07, 6.45) is 0. The number of thiophene rings is 1. The molecule has 0 radical (unpaired) electrons. The maximum Gasteiger partial charge on any atom is 0.164 e. The number of carbonyl (C=O) groups is 1. The molecule has 88 valence electrons. The molecule has 0 aliphatic heterocycles. The van der Waals surface area contributed by atoms with Gasteiger partial charge in [0.1, 0.15) is 5.75 Å². The molecule has 0 saturated carbocycles. The van der Waals surface area contributed by atoms with Crippen molar-refractivity contribution < 1.29 is 18.7 Å². The number of ketones is 1. The number of rotatable bonds is 2. The summed E-state index contributed by atoms with van der Waals surface area (Å²) >= 11 is 1.11. The smallest absolute Gasteiger partial charge is 0.164 e. The van der Waals surface area contributed by atoms with Crippen LogP contribution in [0.1, 0.15) is 17.3 Å². The molecule has 0 fully saturated rings. The molecule has 0 aliphatic carbocycles. The SMILES string of the molecule is CC(=O)c1csc(-c2ccc(F)c(F)c2)c1O. The highest BCUT2D eigenvalue weighted by atomic mass is 32.1. The van der Waals surface area contributed by atoms with Gasteiger partial charge in [0.2, 0.25) is 0 Å². The Labute approximate surface area is 100 Å². The second-order valence-corrected chi connectivity index (χ2v) is 4.39. The third kappa shape index (κ3) is 2.06. The molecule has 1 heterocycles. The zero-order chi connectivity index (χ0) is 12.6. The molecule has 0 amide bonds. The Morgan fingerprint density at radius 2 is 2.00 bits per heavy atom. The Balaban J connectivity index is 2.53. The Morgan fingerprint density at radius 1 is 1.29 bits per heavy atom. The van der Waals surface area contributed by atoms with E-state index in [2.05, 4.69) is 0 Å². The van der Waals surface area contributed by atoms with Crippen molar-refractivity contribution in [1.29, 1.82) is 0 Å². The van der Waals surface area contributed by atoms with Crippen molar-refractivity contribution in [2.24, 2.45) is 0 Å². The number of hydrogen-bond acceptors (Lipinski definition) is 3.